The van der Waals surface area contributed by atoms with Gasteiger partial charge in [-0.25, -0.2) is 0 Å². The summed E-state index contributed by atoms with van der Waals surface area (Å²) < 4.78 is 1.67. The summed E-state index contributed by atoms with van der Waals surface area (Å²) in [5, 5.41) is 19.4. The molecule has 0 bridgehead atoms. The summed E-state index contributed by atoms with van der Waals surface area (Å²) in [6.45, 7) is 0. The number of aromatic amines is 1. The van der Waals surface area contributed by atoms with Crippen molar-refractivity contribution in [1.29, 1.82) is 0 Å². The fourth-order valence-corrected chi connectivity index (χ4v) is 4.73. The van der Waals surface area contributed by atoms with Gasteiger partial charge in [-0.15, -0.1) is 0 Å². The minimum atomic E-state index is -0.477. The molecule has 5 rings (SSSR count). The van der Waals surface area contributed by atoms with Crippen molar-refractivity contribution < 1.29 is 9.79 Å². The van der Waals surface area contributed by atoms with Crippen molar-refractivity contribution in [2.75, 3.05) is 5.32 Å². The van der Waals surface area contributed by atoms with Crippen LogP contribution in [0.5, 0.6) is 5.75 Å². The van der Waals surface area contributed by atoms with E-state index in [1.54, 1.807) is 16.8 Å². The predicted octanol–water partition coefficient (Wildman–Crippen LogP) is 5.00. The van der Waals surface area contributed by atoms with Crippen molar-refractivity contribution in [2.24, 2.45) is 0 Å². The molecule has 0 amide bonds. The number of nitrogens with one attached hydrogen (secondary N) is 2. The van der Waals surface area contributed by atoms with Gasteiger partial charge in [0.05, 0.1) is 16.3 Å². The van der Waals surface area contributed by atoms with E-state index in [1.165, 1.54) is 17.8 Å². The molecule has 0 aliphatic carbocycles. The van der Waals surface area contributed by atoms with Crippen LogP contribution in [0.3, 0.4) is 0 Å². The van der Waals surface area contributed by atoms with E-state index in [2.05, 4.69) is 10.3 Å². The first kappa shape index (κ1) is 20.9. The SMILES string of the molecule is O=c1[nH]c(SCc2ccc(Cl)cc2)n[n+]2c1-c1ccccc1N[C@@H]2c1ccc(O)c(Cl)c1. The highest BCUT2D eigenvalue weighted by Gasteiger charge is 2.37. The lowest BCUT2D eigenvalue weighted by atomic mass is 10.0. The van der Waals surface area contributed by atoms with Crippen molar-refractivity contribution in [2.45, 2.75) is 17.1 Å². The van der Waals surface area contributed by atoms with E-state index < -0.39 is 6.17 Å². The van der Waals surface area contributed by atoms with Gasteiger partial charge in [-0.05, 0) is 52.7 Å². The van der Waals surface area contributed by atoms with Gasteiger partial charge in [0.15, 0.2) is 0 Å². The van der Waals surface area contributed by atoms with Gasteiger partial charge in [0.1, 0.15) is 5.75 Å². The fraction of sp³-hybridized carbons (Fsp3) is 0.0870. The van der Waals surface area contributed by atoms with Gasteiger partial charge in [0, 0.05) is 21.4 Å². The van der Waals surface area contributed by atoms with Crippen LogP contribution in [-0.2, 0) is 5.75 Å². The highest BCUT2D eigenvalue weighted by molar-refractivity contribution is 7.98. The predicted molar refractivity (Wildman–Crippen MR) is 126 cm³/mol. The van der Waals surface area contributed by atoms with Crippen LogP contribution in [0, 0.1) is 0 Å². The van der Waals surface area contributed by atoms with Gasteiger partial charge < -0.3 is 10.4 Å². The van der Waals surface area contributed by atoms with Crippen LogP contribution >= 0.6 is 35.0 Å². The minimum absolute atomic E-state index is 0.00470. The molecule has 9 heteroatoms. The van der Waals surface area contributed by atoms with Crippen molar-refractivity contribution in [3.05, 3.63) is 98.3 Å². The fourth-order valence-electron chi connectivity index (χ4n) is 3.60. The maximum Gasteiger partial charge on any atom is 0.325 e. The number of H-pyrrole nitrogens is 1. The normalized spacial score (nSPS) is 14.4. The van der Waals surface area contributed by atoms with E-state index in [-0.39, 0.29) is 16.3 Å². The number of para-hydroxylation sites is 1. The summed E-state index contributed by atoms with van der Waals surface area (Å²) in [5.41, 5.74) is 3.62. The van der Waals surface area contributed by atoms with Crippen LogP contribution in [0.2, 0.25) is 10.0 Å². The van der Waals surface area contributed by atoms with Crippen LogP contribution < -0.4 is 15.6 Å². The number of phenolic OH excluding ortho intramolecular Hbond substituents is 1. The Bertz CT molecular complexity index is 1380. The van der Waals surface area contributed by atoms with E-state index in [9.17, 15) is 9.90 Å². The largest absolute Gasteiger partial charge is 0.506 e. The summed E-state index contributed by atoms with van der Waals surface area (Å²) in [7, 11) is 0. The molecule has 160 valence electrons. The van der Waals surface area contributed by atoms with E-state index >= 15 is 0 Å². The van der Waals surface area contributed by atoms with Crippen LogP contribution in [0.15, 0.2) is 76.7 Å². The molecular weight excluding hydrogens is 467 g/mol. The zero-order valence-corrected chi connectivity index (χ0v) is 18.9. The van der Waals surface area contributed by atoms with Gasteiger partial charge >= 0.3 is 11.3 Å². The number of halogens is 2. The number of rotatable bonds is 4. The zero-order valence-electron chi connectivity index (χ0n) is 16.5. The number of hydrogen-bond donors (Lipinski definition) is 3. The molecule has 0 fully saturated rings. The van der Waals surface area contributed by atoms with Gasteiger partial charge in [0.25, 0.3) is 6.17 Å². The number of thioether (sulfide) groups is 1. The molecule has 3 N–H and O–H groups in total. The Balaban J connectivity index is 1.58. The maximum absolute atomic E-state index is 13.2. The topological polar surface area (TPSA) is 81.9 Å². The molecule has 1 atom stereocenters. The molecule has 1 aliphatic rings. The lowest BCUT2D eigenvalue weighted by Crippen LogP contribution is -2.55. The van der Waals surface area contributed by atoms with E-state index in [0.29, 0.717) is 21.6 Å². The summed E-state index contributed by atoms with van der Waals surface area (Å²) in [5.74, 6) is 0.619. The quantitative estimate of drug-likeness (QED) is 0.281. The molecular formula is C23H17Cl2N4O2S+. The van der Waals surface area contributed by atoms with Crippen molar-refractivity contribution in [3.8, 4) is 17.0 Å². The highest BCUT2D eigenvalue weighted by Crippen LogP contribution is 2.33. The third-order valence-corrected chi connectivity index (χ3v) is 6.65. The maximum atomic E-state index is 13.2. The Hall–Kier alpha value is -3.00. The third-order valence-electron chi connectivity index (χ3n) is 5.16. The first-order valence-electron chi connectivity index (χ1n) is 9.77. The molecule has 1 aliphatic heterocycles. The highest BCUT2D eigenvalue weighted by atomic mass is 35.5. The molecule has 4 aromatic rings. The van der Waals surface area contributed by atoms with Gasteiger partial charge in [0.2, 0.25) is 5.16 Å². The Morgan fingerprint density at radius 2 is 1.84 bits per heavy atom. The molecule has 0 saturated carbocycles. The third kappa shape index (κ3) is 3.95. The molecule has 0 radical (unpaired) electrons. The van der Waals surface area contributed by atoms with E-state index in [4.69, 9.17) is 28.3 Å². The Kier molecular flexibility index (Phi) is 5.55. The smallest absolute Gasteiger partial charge is 0.325 e. The second-order valence-electron chi connectivity index (χ2n) is 7.27. The average Bonchev–Trinajstić information content (AvgIpc) is 2.80. The minimum Gasteiger partial charge on any atom is -0.506 e. The molecule has 2 heterocycles. The first-order chi connectivity index (χ1) is 15.5. The summed E-state index contributed by atoms with van der Waals surface area (Å²) in [6.07, 6.45) is -0.477. The summed E-state index contributed by atoms with van der Waals surface area (Å²) in [4.78, 5) is 16.1. The molecule has 0 spiro atoms. The number of benzene rings is 3. The van der Waals surface area contributed by atoms with Crippen molar-refractivity contribution >= 4 is 40.7 Å². The second kappa shape index (κ2) is 8.50. The number of aromatic nitrogens is 3. The van der Waals surface area contributed by atoms with Crippen LogP contribution in [0.1, 0.15) is 17.3 Å². The molecule has 6 nitrogen and oxygen atoms in total. The second-order valence-corrected chi connectivity index (χ2v) is 9.08. The zero-order chi connectivity index (χ0) is 22.2. The van der Waals surface area contributed by atoms with Crippen LogP contribution in [-0.4, -0.2) is 15.2 Å². The standard InChI is InChI=1S/C23H16Cl2N4O2S/c24-15-8-5-13(6-9-15)12-32-23-27-22(31)20-16-3-1-2-4-18(16)26-21(29(20)28-23)14-7-10-19(30)17(25)11-14/h1-11,21H,12H2,(H2,27,28,30,31)/p+1/t21-/m0/s1. The van der Waals surface area contributed by atoms with Crippen LogP contribution in [0.25, 0.3) is 11.3 Å². The number of fused-ring (bicyclic) bond motifs is 3. The van der Waals surface area contributed by atoms with Gasteiger partial charge in [-0.3, -0.25) is 9.78 Å². The Morgan fingerprint density at radius 1 is 1.06 bits per heavy atom. The Morgan fingerprint density at radius 3 is 2.62 bits per heavy atom. The lowest BCUT2D eigenvalue weighted by Gasteiger charge is -2.22. The summed E-state index contributed by atoms with van der Waals surface area (Å²) in [6, 6.07) is 20.1. The molecule has 1 aromatic heterocycles. The number of nitrogens with zero attached hydrogens (tertiary/aromatic N) is 2. The van der Waals surface area contributed by atoms with Crippen LogP contribution in [0.4, 0.5) is 5.69 Å². The van der Waals surface area contributed by atoms with Gasteiger partial charge in [-0.2, -0.15) is 0 Å². The van der Waals surface area contributed by atoms with E-state index in [1.807, 2.05) is 48.5 Å². The molecule has 0 saturated heterocycles. The lowest BCUT2D eigenvalue weighted by molar-refractivity contribution is -0.759. The molecule has 0 unspecified atom stereocenters. The Labute approximate surface area is 197 Å². The number of phenols is 1. The molecule has 32 heavy (non-hydrogen) atoms. The van der Waals surface area contributed by atoms with Gasteiger partial charge in [-0.1, -0.05) is 59.2 Å². The number of aromatic hydroxyl groups is 1. The number of hydrogen-bond acceptors (Lipinski definition) is 5. The molecule has 3 aromatic carbocycles. The van der Waals surface area contributed by atoms with Crippen molar-refractivity contribution in [3.63, 3.8) is 0 Å². The summed E-state index contributed by atoms with van der Waals surface area (Å²) >= 11 is 13.6. The van der Waals surface area contributed by atoms with E-state index in [0.717, 1.165) is 22.4 Å². The first-order valence-corrected chi connectivity index (χ1v) is 11.5. The van der Waals surface area contributed by atoms with Crippen molar-refractivity contribution in [1.82, 2.24) is 10.1 Å². The monoisotopic (exact) mass is 483 g/mol. The number of anilines is 1. The average molecular weight is 484 g/mol.